The second-order valence-electron chi connectivity index (χ2n) is 11.2. The number of urea groups is 1. The molecule has 10 heteroatoms. The molecule has 2 unspecified atom stereocenters. The monoisotopic (exact) mass is 552 g/mol. The Kier molecular flexibility index (Phi) is 22.8. The largest absolute Gasteiger partial charge is 0.472 e. The topological polar surface area (TPSA) is 117 Å². The van der Waals surface area contributed by atoms with Gasteiger partial charge in [0.2, 0.25) is 0 Å². The molecule has 0 radical (unpaired) electrons. The van der Waals surface area contributed by atoms with Gasteiger partial charge in [-0.15, -0.1) is 0 Å². The smallest absolute Gasteiger partial charge is 0.389 e. The SMILES string of the molecule is CCCCCCCCCCCCCCCCCCNC(=O)NCC(O)COP(=O)(O)OCC[N+](C)(C)C. The third-order valence-electron chi connectivity index (χ3n) is 6.26. The quantitative estimate of drug-likeness (QED) is 0.0617. The number of phosphoric acid groups is 1. The molecule has 0 fully saturated rings. The van der Waals surface area contributed by atoms with E-state index in [9.17, 15) is 19.4 Å². The minimum Gasteiger partial charge on any atom is -0.389 e. The van der Waals surface area contributed by atoms with Crippen LogP contribution in [-0.4, -0.2) is 80.6 Å². The number of aliphatic hydroxyl groups is 1. The molecule has 2 amide bonds. The van der Waals surface area contributed by atoms with Crippen LogP contribution in [0.2, 0.25) is 0 Å². The Bertz CT molecular complexity index is 589. The zero-order valence-electron chi connectivity index (χ0n) is 24.3. The molecule has 0 aromatic carbocycles. The van der Waals surface area contributed by atoms with Gasteiger partial charge < -0.3 is 25.1 Å². The molecule has 0 bridgehead atoms. The molecule has 0 saturated heterocycles. The normalized spacial score (nSPS) is 14.3. The van der Waals surface area contributed by atoms with Crippen LogP contribution in [0.5, 0.6) is 0 Å². The van der Waals surface area contributed by atoms with Crippen molar-refractivity contribution in [3.8, 4) is 0 Å². The van der Waals surface area contributed by atoms with Crippen molar-refractivity contribution in [3.05, 3.63) is 0 Å². The predicted octanol–water partition coefficient (Wildman–Crippen LogP) is 5.75. The molecular weight excluding hydrogens is 493 g/mol. The Morgan fingerprint density at radius 1 is 0.784 bits per heavy atom. The fourth-order valence-electron chi connectivity index (χ4n) is 3.85. The Hall–Kier alpha value is -0.700. The molecule has 222 valence electrons. The highest BCUT2D eigenvalue weighted by atomic mass is 31.2. The van der Waals surface area contributed by atoms with E-state index >= 15 is 0 Å². The van der Waals surface area contributed by atoms with Crippen molar-refractivity contribution in [2.75, 3.05) is 54.0 Å². The van der Waals surface area contributed by atoms with Crippen molar-refractivity contribution in [2.45, 2.75) is 116 Å². The zero-order chi connectivity index (χ0) is 27.8. The van der Waals surface area contributed by atoms with Gasteiger partial charge in [-0.25, -0.2) is 9.36 Å². The first-order valence-corrected chi connectivity index (χ1v) is 16.2. The Balaban J connectivity index is 3.48. The molecule has 0 aliphatic heterocycles. The highest BCUT2D eigenvalue weighted by Crippen LogP contribution is 2.43. The molecule has 9 nitrogen and oxygen atoms in total. The third kappa shape index (κ3) is 28.1. The molecule has 0 spiro atoms. The van der Waals surface area contributed by atoms with E-state index in [2.05, 4.69) is 17.6 Å². The van der Waals surface area contributed by atoms with Gasteiger partial charge in [0.1, 0.15) is 13.2 Å². The fourth-order valence-corrected chi connectivity index (χ4v) is 4.60. The van der Waals surface area contributed by atoms with Gasteiger partial charge in [0.15, 0.2) is 0 Å². The van der Waals surface area contributed by atoms with E-state index in [1.54, 1.807) is 0 Å². The Labute approximate surface area is 227 Å². The first-order chi connectivity index (χ1) is 17.6. The predicted molar refractivity (Wildman–Crippen MR) is 152 cm³/mol. The summed E-state index contributed by atoms with van der Waals surface area (Å²) in [5, 5.41) is 15.2. The van der Waals surface area contributed by atoms with Gasteiger partial charge >= 0.3 is 13.9 Å². The number of unbranched alkanes of at least 4 members (excludes halogenated alkanes) is 15. The van der Waals surface area contributed by atoms with Crippen LogP contribution in [0.25, 0.3) is 0 Å². The molecule has 0 heterocycles. The van der Waals surface area contributed by atoms with Crippen LogP contribution in [0.1, 0.15) is 110 Å². The summed E-state index contributed by atoms with van der Waals surface area (Å²) in [6, 6.07) is -0.369. The highest BCUT2D eigenvalue weighted by Gasteiger charge is 2.24. The number of likely N-dealkylation sites (N-methyl/N-ethyl adjacent to an activating group) is 1. The molecule has 0 aliphatic rings. The van der Waals surface area contributed by atoms with Gasteiger partial charge in [-0.2, -0.15) is 0 Å². The summed E-state index contributed by atoms with van der Waals surface area (Å²) in [6.07, 6.45) is 19.9. The Morgan fingerprint density at radius 3 is 1.70 bits per heavy atom. The summed E-state index contributed by atoms with van der Waals surface area (Å²) < 4.78 is 22.1. The van der Waals surface area contributed by atoms with Gasteiger partial charge in [0.05, 0.1) is 33.9 Å². The maximum Gasteiger partial charge on any atom is 0.472 e. The number of aliphatic hydroxyl groups excluding tert-OH is 1. The molecule has 0 saturated carbocycles. The van der Waals surface area contributed by atoms with E-state index in [0.29, 0.717) is 17.6 Å². The van der Waals surface area contributed by atoms with E-state index in [1.165, 1.54) is 89.9 Å². The summed E-state index contributed by atoms with van der Waals surface area (Å²) in [4.78, 5) is 21.5. The lowest BCUT2D eigenvalue weighted by molar-refractivity contribution is -0.870. The van der Waals surface area contributed by atoms with Gasteiger partial charge in [0.25, 0.3) is 0 Å². The van der Waals surface area contributed by atoms with E-state index < -0.39 is 20.5 Å². The Morgan fingerprint density at radius 2 is 1.24 bits per heavy atom. The van der Waals surface area contributed by atoms with Gasteiger partial charge in [-0.1, -0.05) is 103 Å². The van der Waals surface area contributed by atoms with E-state index in [4.69, 9.17) is 9.05 Å². The average molecular weight is 553 g/mol. The molecule has 0 aliphatic carbocycles. The number of hydrogen-bond acceptors (Lipinski definition) is 5. The number of rotatable bonds is 26. The van der Waals surface area contributed by atoms with Crippen LogP contribution >= 0.6 is 7.82 Å². The fraction of sp³-hybridized carbons (Fsp3) is 0.963. The van der Waals surface area contributed by atoms with Crippen LogP contribution in [0.3, 0.4) is 0 Å². The third-order valence-corrected chi connectivity index (χ3v) is 7.24. The van der Waals surface area contributed by atoms with Crippen molar-refractivity contribution in [1.29, 1.82) is 0 Å². The molecular formula is C27H59N3O6P+. The summed E-state index contributed by atoms with van der Waals surface area (Å²) in [5.41, 5.74) is 0. The number of phosphoric ester groups is 1. The van der Waals surface area contributed by atoms with Crippen LogP contribution in [0.4, 0.5) is 4.79 Å². The van der Waals surface area contributed by atoms with Crippen molar-refractivity contribution < 1.29 is 32.9 Å². The van der Waals surface area contributed by atoms with Crippen LogP contribution < -0.4 is 10.6 Å². The van der Waals surface area contributed by atoms with E-state index in [-0.39, 0.29) is 19.2 Å². The number of quaternary nitrogens is 1. The lowest BCUT2D eigenvalue weighted by Gasteiger charge is -2.24. The second-order valence-corrected chi connectivity index (χ2v) is 12.7. The molecule has 37 heavy (non-hydrogen) atoms. The van der Waals surface area contributed by atoms with Gasteiger partial charge in [-0.3, -0.25) is 9.05 Å². The lowest BCUT2D eigenvalue weighted by Crippen LogP contribution is -2.41. The van der Waals surface area contributed by atoms with Gasteiger partial charge in [-0.05, 0) is 6.42 Å². The van der Waals surface area contributed by atoms with Crippen LogP contribution in [0.15, 0.2) is 0 Å². The number of hydrogen-bond donors (Lipinski definition) is 4. The molecule has 2 atom stereocenters. The molecule has 4 N–H and O–H groups in total. The maximum atomic E-state index is 11.8. The summed E-state index contributed by atoms with van der Waals surface area (Å²) in [5.74, 6) is 0. The highest BCUT2D eigenvalue weighted by molar-refractivity contribution is 7.47. The molecule has 0 aromatic rings. The van der Waals surface area contributed by atoms with Crippen molar-refractivity contribution in [3.63, 3.8) is 0 Å². The second kappa shape index (κ2) is 23.2. The number of nitrogens with zero attached hydrogens (tertiary/aromatic N) is 1. The zero-order valence-corrected chi connectivity index (χ0v) is 25.2. The van der Waals surface area contributed by atoms with Gasteiger partial charge in [0, 0.05) is 13.1 Å². The van der Waals surface area contributed by atoms with Crippen molar-refractivity contribution in [1.82, 2.24) is 10.6 Å². The standard InChI is InChI=1S/C27H58N3O6P/c1-5-6-7-8-9-10-11-12-13-14-15-16-17-18-19-20-21-28-27(32)29-24-26(31)25-36-37(33,34)35-23-22-30(2,3)4/h26,31H,5-25H2,1-4H3,(H2-,28,29,32,33,34)/p+1. The first-order valence-electron chi connectivity index (χ1n) is 14.7. The number of nitrogens with one attached hydrogen (secondary N) is 2. The summed E-state index contributed by atoms with van der Waals surface area (Å²) >= 11 is 0. The van der Waals surface area contributed by atoms with Crippen molar-refractivity contribution >= 4 is 13.9 Å². The average Bonchev–Trinajstić information content (AvgIpc) is 2.82. The molecule has 0 rings (SSSR count). The van der Waals surface area contributed by atoms with Crippen LogP contribution in [0, 0.1) is 0 Å². The number of amides is 2. The first kappa shape index (κ1) is 36.3. The minimum atomic E-state index is -4.23. The lowest BCUT2D eigenvalue weighted by atomic mass is 10.0. The van der Waals surface area contributed by atoms with E-state index in [1.807, 2.05) is 21.1 Å². The summed E-state index contributed by atoms with van der Waals surface area (Å²) in [7, 11) is 1.59. The summed E-state index contributed by atoms with van der Waals surface area (Å²) in [6.45, 7) is 2.97. The maximum absolute atomic E-state index is 11.8. The number of carbonyl (C=O) groups excluding carboxylic acids is 1. The minimum absolute atomic E-state index is 0.0629. The number of carbonyl (C=O) groups is 1. The van der Waals surface area contributed by atoms with Crippen LogP contribution in [-0.2, 0) is 13.6 Å². The molecule has 0 aromatic heterocycles. The van der Waals surface area contributed by atoms with E-state index in [0.717, 1.165) is 12.8 Å². The van der Waals surface area contributed by atoms with Crippen molar-refractivity contribution in [2.24, 2.45) is 0 Å².